The van der Waals surface area contributed by atoms with Crippen molar-refractivity contribution in [3.63, 3.8) is 0 Å². The van der Waals surface area contributed by atoms with Crippen molar-refractivity contribution < 1.29 is 0 Å². The summed E-state index contributed by atoms with van der Waals surface area (Å²) in [5.74, 6) is 0.847. The summed E-state index contributed by atoms with van der Waals surface area (Å²) in [4.78, 5) is 11.5. The van der Waals surface area contributed by atoms with Crippen molar-refractivity contribution >= 4 is 28.6 Å². The van der Waals surface area contributed by atoms with Gasteiger partial charge in [-0.25, -0.2) is 4.98 Å². The number of nitrogens with one attached hydrogen (secondary N) is 2. The fraction of sp³-hybridized carbons (Fsp3) is 0.450. The van der Waals surface area contributed by atoms with Crippen molar-refractivity contribution in [3.05, 3.63) is 44.9 Å². The molecule has 0 atom stereocenters. The highest BCUT2D eigenvalue weighted by atomic mass is 32.1. The summed E-state index contributed by atoms with van der Waals surface area (Å²) in [5.41, 5.74) is 3.37. The standard InChI is InChI=1S/C20H28N6S2/c1-14-12-15(2)26(25-14)11-5-9-22-20(21-4)23-10-8-17-6-7-19(28-17)18-13-27-16(3)24-18/h6-7,12-13H,5,8-11H2,1-4H3,(H2,21,22,23). The van der Waals surface area contributed by atoms with Crippen molar-refractivity contribution in [2.45, 2.75) is 40.2 Å². The first-order chi connectivity index (χ1) is 13.5. The minimum Gasteiger partial charge on any atom is -0.356 e. The SMILES string of the molecule is CN=C(NCCCn1nc(C)cc1C)NCCc1ccc(-c2csc(C)n2)s1. The van der Waals surface area contributed by atoms with E-state index in [1.165, 1.54) is 15.4 Å². The molecule has 0 amide bonds. The summed E-state index contributed by atoms with van der Waals surface area (Å²) in [6.07, 6.45) is 1.98. The largest absolute Gasteiger partial charge is 0.356 e. The fourth-order valence-corrected chi connectivity index (χ4v) is 4.64. The smallest absolute Gasteiger partial charge is 0.190 e. The van der Waals surface area contributed by atoms with Crippen LogP contribution in [-0.4, -0.2) is 40.9 Å². The van der Waals surface area contributed by atoms with Crippen LogP contribution in [0.15, 0.2) is 28.6 Å². The van der Waals surface area contributed by atoms with Crippen molar-refractivity contribution in [3.8, 4) is 10.6 Å². The summed E-state index contributed by atoms with van der Waals surface area (Å²) in [6.45, 7) is 8.80. The number of hydrogen-bond donors (Lipinski definition) is 2. The van der Waals surface area contributed by atoms with Gasteiger partial charge in [0.2, 0.25) is 0 Å². The Balaban J connectivity index is 1.37. The maximum Gasteiger partial charge on any atom is 0.190 e. The number of nitrogens with zero attached hydrogens (tertiary/aromatic N) is 4. The molecule has 3 heterocycles. The molecule has 3 rings (SSSR count). The number of aryl methyl sites for hydroxylation is 4. The van der Waals surface area contributed by atoms with Gasteiger partial charge in [-0.15, -0.1) is 22.7 Å². The zero-order valence-corrected chi connectivity index (χ0v) is 18.6. The number of guanidine groups is 1. The quantitative estimate of drug-likeness (QED) is 0.333. The van der Waals surface area contributed by atoms with Crippen molar-refractivity contribution in [2.75, 3.05) is 20.1 Å². The Morgan fingerprint density at radius 3 is 2.68 bits per heavy atom. The van der Waals surface area contributed by atoms with Crippen LogP contribution in [0.4, 0.5) is 0 Å². The van der Waals surface area contributed by atoms with Crippen LogP contribution < -0.4 is 10.6 Å². The second-order valence-corrected chi connectivity index (χ2v) is 8.93. The molecule has 2 N–H and O–H groups in total. The molecular formula is C20H28N6S2. The van der Waals surface area contributed by atoms with Crippen LogP contribution in [0.25, 0.3) is 10.6 Å². The Hall–Kier alpha value is -2.19. The predicted octanol–water partition coefficient (Wildman–Crippen LogP) is 3.79. The second-order valence-electron chi connectivity index (χ2n) is 6.70. The van der Waals surface area contributed by atoms with Gasteiger partial charge in [-0.1, -0.05) is 0 Å². The first-order valence-corrected chi connectivity index (χ1v) is 11.2. The van der Waals surface area contributed by atoms with E-state index in [1.54, 1.807) is 11.3 Å². The lowest BCUT2D eigenvalue weighted by Crippen LogP contribution is -2.38. The number of aliphatic imine (C=N–C) groups is 1. The number of hydrogen-bond acceptors (Lipinski definition) is 5. The molecule has 3 aromatic rings. The third kappa shape index (κ3) is 5.65. The van der Waals surface area contributed by atoms with Gasteiger partial charge in [-0.3, -0.25) is 9.67 Å². The van der Waals surface area contributed by atoms with Crippen LogP contribution in [0.5, 0.6) is 0 Å². The molecular weight excluding hydrogens is 388 g/mol. The van der Waals surface area contributed by atoms with E-state index in [-0.39, 0.29) is 0 Å². The van der Waals surface area contributed by atoms with E-state index in [9.17, 15) is 0 Å². The van der Waals surface area contributed by atoms with E-state index in [0.29, 0.717) is 0 Å². The van der Waals surface area contributed by atoms with Gasteiger partial charge in [0.25, 0.3) is 0 Å². The minimum absolute atomic E-state index is 0.847. The van der Waals surface area contributed by atoms with Crippen LogP contribution >= 0.6 is 22.7 Å². The molecule has 0 aromatic carbocycles. The summed E-state index contributed by atoms with van der Waals surface area (Å²) in [5, 5.41) is 14.5. The Labute approximate surface area is 174 Å². The lowest BCUT2D eigenvalue weighted by atomic mass is 10.3. The van der Waals surface area contributed by atoms with E-state index in [4.69, 9.17) is 0 Å². The molecule has 0 aliphatic carbocycles. The van der Waals surface area contributed by atoms with E-state index in [0.717, 1.165) is 54.8 Å². The average molecular weight is 417 g/mol. The molecule has 8 heteroatoms. The summed E-state index contributed by atoms with van der Waals surface area (Å²) < 4.78 is 2.06. The maximum absolute atomic E-state index is 4.56. The number of aromatic nitrogens is 3. The Morgan fingerprint density at radius 1 is 1.18 bits per heavy atom. The van der Waals surface area contributed by atoms with E-state index < -0.39 is 0 Å². The fourth-order valence-electron chi connectivity index (χ4n) is 2.99. The molecule has 0 saturated carbocycles. The third-order valence-electron chi connectivity index (χ3n) is 4.36. The van der Waals surface area contributed by atoms with Gasteiger partial charge in [0.15, 0.2) is 5.96 Å². The Bertz CT molecular complexity index is 921. The second kappa shape index (κ2) is 9.84. The van der Waals surface area contributed by atoms with Crippen LogP contribution in [0.3, 0.4) is 0 Å². The van der Waals surface area contributed by atoms with Crippen molar-refractivity contribution in [1.29, 1.82) is 0 Å². The molecule has 0 bridgehead atoms. The molecule has 28 heavy (non-hydrogen) atoms. The topological polar surface area (TPSA) is 67.1 Å². The molecule has 0 radical (unpaired) electrons. The van der Waals surface area contributed by atoms with Crippen LogP contribution in [0.1, 0.15) is 27.7 Å². The molecule has 0 fully saturated rings. The molecule has 0 saturated heterocycles. The lowest BCUT2D eigenvalue weighted by Gasteiger charge is -2.11. The lowest BCUT2D eigenvalue weighted by molar-refractivity contribution is 0.555. The Morgan fingerprint density at radius 2 is 2.00 bits per heavy atom. The molecule has 0 aliphatic heterocycles. The highest BCUT2D eigenvalue weighted by molar-refractivity contribution is 7.16. The highest BCUT2D eigenvalue weighted by Crippen LogP contribution is 2.29. The van der Waals surface area contributed by atoms with Gasteiger partial charge in [0, 0.05) is 42.6 Å². The van der Waals surface area contributed by atoms with Crippen LogP contribution in [0.2, 0.25) is 0 Å². The highest BCUT2D eigenvalue weighted by Gasteiger charge is 2.06. The summed E-state index contributed by atoms with van der Waals surface area (Å²) in [7, 11) is 1.81. The van der Waals surface area contributed by atoms with Gasteiger partial charge < -0.3 is 10.6 Å². The first-order valence-electron chi connectivity index (χ1n) is 9.52. The number of rotatable bonds is 8. The molecule has 0 aliphatic rings. The van der Waals surface area contributed by atoms with Gasteiger partial charge >= 0.3 is 0 Å². The Kier molecular flexibility index (Phi) is 7.22. The van der Waals surface area contributed by atoms with E-state index in [1.807, 2.05) is 32.2 Å². The predicted molar refractivity (Wildman–Crippen MR) is 120 cm³/mol. The van der Waals surface area contributed by atoms with Gasteiger partial charge in [0.1, 0.15) is 0 Å². The van der Waals surface area contributed by atoms with E-state index in [2.05, 4.69) is 60.9 Å². The van der Waals surface area contributed by atoms with Crippen molar-refractivity contribution in [1.82, 2.24) is 25.4 Å². The first kappa shape index (κ1) is 20.5. The van der Waals surface area contributed by atoms with Crippen molar-refractivity contribution in [2.24, 2.45) is 4.99 Å². The molecule has 6 nitrogen and oxygen atoms in total. The third-order valence-corrected chi connectivity index (χ3v) is 6.30. The average Bonchev–Trinajstić information content (AvgIpc) is 3.37. The number of thiophene rings is 1. The monoisotopic (exact) mass is 416 g/mol. The van der Waals surface area contributed by atoms with Gasteiger partial charge in [-0.2, -0.15) is 5.10 Å². The molecule has 3 aromatic heterocycles. The zero-order chi connectivity index (χ0) is 19.9. The molecule has 150 valence electrons. The molecule has 0 spiro atoms. The minimum atomic E-state index is 0.847. The number of thiazole rings is 1. The van der Waals surface area contributed by atoms with Crippen LogP contribution in [0, 0.1) is 20.8 Å². The zero-order valence-electron chi connectivity index (χ0n) is 17.0. The summed E-state index contributed by atoms with van der Waals surface area (Å²) >= 11 is 3.51. The summed E-state index contributed by atoms with van der Waals surface area (Å²) in [6, 6.07) is 6.47. The van der Waals surface area contributed by atoms with Gasteiger partial charge in [-0.05, 0) is 51.8 Å². The molecule has 0 unspecified atom stereocenters. The normalized spacial score (nSPS) is 11.8. The van der Waals surface area contributed by atoms with Crippen LogP contribution in [-0.2, 0) is 13.0 Å². The van der Waals surface area contributed by atoms with Gasteiger partial charge in [0.05, 0.1) is 21.3 Å². The maximum atomic E-state index is 4.56. The van der Waals surface area contributed by atoms with E-state index >= 15 is 0 Å².